The van der Waals surface area contributed by atoms with Crippen molar-refractivity contribution in [2.75, 3.05) is 18.1 Å². The zero-order valence-corrected chi connectivity index (χ0v) is 14.5. The van der Waals surface area contributed by atoms with Crippen LogP contribution < -0.4 is 10.2 Å². The Morgan fingerprint density at radius 1 is 1.35 bits per heavy atom. The number of allylic oxidation sites excluding steroid dienone is 1. The van der Waals surface area contributed by atoms with Crippen molar-refractivity contribution in [2.45, 2.75) is 25.9 Å². The number of cyclic esters (lactones) is 1. The van der Waals surface area contributed by atoms with E-state index in [1.807, 2.05) is 36.8 Å². The number of ether oxygens (including phenoxy) is 1. The highest BCUT2D eigenvalue weighted by atomic mass is 16.6. The van der Waals surface area contributed by atoms with E-state index < -0.39 is 0 Å². The molecule has 1 unspecified atom stereocenters. The van der Waals surface area contributed by atoms with Crippen LogP contribution >= 0.6 is 0 Å². The third kappa shape index (κ3) is 3.08. The number of amides is 2. The number of nitrogens with one attached hydrogen (secondary N) is 1. The van der Waals surface area contributed by atoms with Crippen LogP contribution in [0.4, 0.5) is 10.5 Å². The van der Waals surface area contributed by atoms with E-state index in [2.05, 4.69) is 20.9 Å². The van der Waals surface area contributed by atoms with Crippen molar-refractivity contribution >= 4 is 29.3 Å². The highest BCUT2D eigenvalue weighted by Gasteiger charge is 2.34. The van der Waals surface area contributed by atoms with Gasteiger partial charge in [-0.3, -0.25) is 9.69 Å². The van der Waals surface area contributed by atoms with Crippen LogP contribution in [0.25, 0.3) is 11.6 Å². The molecule has 1 aromatic heterocycles. The number of fused-ring (bicyclic) bond motifs is 1. The Hall–Kier alpha value is -3.09. The predicted octanol–water partition coefficient (Wildman–Crippen LogP) is 2.29. The van der Waals surface area contributed by atoms with Crippen LogP contribution in [0.2, 0.25) is 0 Å². The first-order valence-electron chi connectivity index (χ1n) is 8.63. The normalized spacial score (nSPS) is 19.0. The minimum atomic E-state index is -0.381. The molecule has 0 aliphatic carbocycles. The van der Waals surface area contributed by atoms with Crippen LogP contribution in [-0.4, -0.2) is 40.7 Å². The molecule has 2 aliphatic heterocycles. The van der Waals surface area contributed by atoms with E-state index in [1.54, 1.807) is 4.90 Å². The Balaban J connectivity index is 1.54. The van der Waals surface area contributed by atoms with E-state index in [0.29, 0.717) is 6.54 Å². The monoisotopic (exact) mass is 352 g/mol. The van der Waals surface area contributed by atoms with Crippen molar-refractivity contribution in [1.82, 2.24) is 14.9 Å². The molecule has 0 spiro atoms. The summed E-state index contributed by atoms with van der Waals surface area (Å²) in [6, 6.07) is 7.70. The van der Waals surface area contributed by atoms with Gasteiger partial charge < -0.3 is 14.6 Å². The lowest BCUT2D eigenvalue weighted by atomic mass is 9.99. The molecule has 3 heterocycles. The molecule has 2 aliphatic rings. The summed E-state index contributed by atoms with van der Waals surface area (Å²) >= 11 is 0. The third-order valence-corrected chi connectivity index (χ3v) is 4.75. The molecule has 0 radical (unpaired) electrons. The fourth-order valence-corrected chi connectivity index (χ4v) is 3.38. The summed E-state index contributed by atoms with van der Waals surface area (Å²) in [5.74, 6) is -0.122. The number of carbonyl (C=O) groups is 2. The molecule has 134 valence electrons. The first-order valence-corrected chi connectivity index (χ1v) is 8.63. The van der Waals surface area contributed by atoms with Gasteiger partial charge in [0, 0.05) is 25.7 Å². The molecule has 26 heavy (non-hydrogen) atoms. The molecule has 2 aromatic rings. The molecular weight excluding hydrogens is 332 g/mol. The van der Waals surface area contributed by atoms with E-state index in [1.165, 1.54) is 12.5 Å². The van der Waals surface area contributed by atoms with Gasteiger partial charge in [0.15, 0.2) is 0 Å². The summed E-state index contributed by atoms with van der Waals surface area (Å²) in [6.07, 6.45) is 6.42. The number of rotatable bonds is 4. The number of hydrogen-bond donors (Lipinski definition) is 1. The van der Waals surface area contributed by atoms with Crippen molar-refractivity contribution in [3.63, 3.8) is 0 Å². The number of nitrogens with zero attached hydrogens (tertiary/aromatic N) is 3. The summed E-state index contributed by atoms with van der Waals surface area (Å²) in [6.45, 7) is 3.02. The average Bonchev–Trinajstić information content (AvgIpc) is 3.25. The Morgan fingerprint density at radius 3 is 2.92 bits per heavy atom. The van der Waals surface area contributed by atoms with Gasteiger partial charge in [-0.15, -0.1) is 0 Å². The Morgan fingerprint density at radius 2 is 2.15 bits per heavy atom. The summed E-state index contributed by atoms with van der Waals surface area (Å²) in [5, 5.41) is 2.75. The number of aromatic nitrogens is 2. The fourth-order valence-electron chi connectivity index (χ4n) is 3.38. The van der Waals surface area contributed by atoms with Gasteiger partial charge in [0.05, 0.1) is 24.3 Å². The second kappa shape index (κ2) is 6.67. The highest BCUT2D eigenvalue weighted by molar-refractivity contribution is 5.91. The largest absolute Gasteiger partial charge is 0.447 e. The van der Waals surface area contributed by atoms with Crippen LogP contribution in [0.5, 0.6) is 0 Å². The summed E-state index contributed by atoms with van der Waals surface area (Å²) in [5.41, 5.74) is 4.26. The van der Waals surface area contributed by atoms with Crippen LogP contribution in [0.15, 0.2) is 36.8 Å². The second-order valence-electron chi connectivity index (χ2n) is 6.52. The third-order valence-electron chi connectivity index (χ3n) is 4.75. The lowest BCUT2D eigenvalue weighted by molar-refractivity contribution is -0.119. The average molecular weight is 352 g/mol. The molecule has 0 saturated carbocycles. The van der Waals surface area contributed by atoms with Crippen molar-refractivity contribution in [1.29, 1.82) is 0 Å². The number of carbonyl (C=O) groups excluding carboxylic acids is 2. The molecule has 1 atom stereocenters. The molecule has 0 bridgehead atoms. The zero-order valence-electron chi connectivity index (χ0n) is 14.5. The lowest BCUT2D eigenvalue weighted by Crippen LogP contribution is -2.42. The minimum absolute atomic E-state index is 0.122. The van der Waals surface area contributed by atoms with E-state index in [4.69, 9.17) is 4.74 Å². The molecule has 2 amide bonds. The van der Waals surface area contributed by atoms with Crippen molar-refractivity contribution < 1.29 is 14.3 Å². The fraction of sp³-hybridized carbons (Fsp3) is 0.316. The predicted molar refractivity (Wildman–Crippen MR) is 97.5 cm³/mol. The maximum absolute atomic E-state index is 12.1. The van der Waals surface area contributed by atoms with E-state index in [9.17, 15) is 9.59 Å². The molecule has 7 nitrogen and oxygen atoms in total. The van der Waals surface area contributed by atoms with Gasteiger partial charge in [-0.25, -0.2) is 9.78 Å². The first-order chi connectivity index (χ1) is 12.6. The maximum atomic E-state index is 12.1. The minimum Gasteiger partial charge on any atom is -0.447 e. The molecule has 1 N–H and O–H groups in total. The SMILES string of the molecule is CC(=O)NCC1COC(=O)N1c1ccc(C2=Cc3cncn3CC2)cc1. The van der Waals surface area contributed by atoms with Crippen molar-refractivity contribution in [3.8, 4) is 0 Å². The van der Waals surface area contributed by atoms with Gasteiger partial charge in [-0.05, 0) is 35.8 Å². The van der Waals surface area contributed by atoms with Gasteiger partial charge in [-0.1, -0.05) is 12.1 Å². The van der Waals surface area contributed by atoms with Crippen LogP contribution in [-0.2, 0) is 16.1 Å². The molecule has 4 rings (SSSR count). The lowest BCUT2D eigenvalue weighted by Gasteiger charge is -2.22. The first kappa shape index (κ1) is 16.4. The Labute approximate surface area is 151 Å². The topological polar surface area (TPSA) is 76.5 Å². The number of aryl methyl sites for hydroxylation is 1. The Bertz CT molecular complexity index is 869. The van der Waals surface area contributed by atoms with Crippen LogP contribution in [0.1, 0.15) is 24.6 Å². The van der Waals surface area contributed by atoms with Crippen molar-refractivity contribution in [2.24, 2.45) is 0 Å². The maximum Gasteiger partial charge on any atom is 0.414 e. The smallest absolute Gasteiger partial charge is 0.414 e. The second-order valence-corrected chi connectivity index (χ2v) is 6.52. The van der Waals surface area contributed by atoms with E-state index in [0.717, 1.165) is 29.9 Å². The van der Waals surface area contributed by atoms with Gasteiger partial charge in [0.2, 0.25) is 5.91 Å². The number of anilines is 1. The molecular formula is C19H20N4O3. The van der Waals surface area contributed by atoms with E-state index in [-0.39, 0.29) is 24.6 Å². The summed E-state index contributed by atoms with van der Waals surface area (Å²) < 4.78 is 7.29. The number of hydrogen-bond acceptors (Lipinski definition) is 4. The summed E-state index contributed by atoms with van der Waals surface area (Å²) in [7, 11) is 0. The standard InChI is InChI=1S/C19H20N4O3/c1-13(24)21-10-18-11-26-19(25)23(18)16-4-2-14(3-5-16)15-6-7-22-12-20-9-17(22)8-15/h2-5,8-9,12,18H,6-7,10-11H2,1H3,(H,21,24). The van der Waals surface area contributed by atoms with E-state index >= 15 is 0 Å². The number of benzene rings is 1. The Kier molecular flexibility index (Phi) is 4.20. The zero-order chi connectivity index (χ0) is 18.1. The molecule has 1 aromatic carbocycles. The van der Waals surface area contributed by atoms with Gasteiger partial charge in [0.25, 0.3) is 0 Å². The van der Waals surface area contributed by atoms with Crippen LogP contribution in [0, 0.1) is 0 Å². The molecule has 7 heteroatoms. The van der Waals surface area contributed by atoms with Crippen LogP contribution in [0.3, 0.4) is 0 Å². The highest BCUT2D eigenvalue weighted by Crippen LogP contribution is 2.29. The van der Waals surface area contributed by atoms with Gasteiger partial charge >= 0.3 is 6.09 Å². The molecule has 1 saturated heterocycles. The molecule has 1 fully saturated rings. The van der Waals surface area contributed by atoms with Crippen molar-refractivity contribution in [3.05, 3.63) is 48.0 Å². The number of imidazole rings is 1. The van der Waals surface area contributed by atoms with Gasteiger partial charge in [0.1, 0.15) is 6.61 Å². The quantitative estimate of drug-likeness (QED) is 0.916. The summed E-state index contributed by atoms with van der Waals surface area (Å²) in [4.78, 5) is 29.0. The van der Waals surface area contributed by atoms with Gasteiger partial charge in [-0.2, -0.15) is 0 Å².